The van der Waals surface area contributed by atoms with Crippen LogP contribution in [0.15, 0.2) is 18.2 Å². The molecule has 1 aliphatic heterocycles. The van der Waals surface area contributed by atoms with Crippen LogP contribution in [-0.2, 0) is 4.74 Å². The van der Waals surface area contributed by atoms with E-state index in [9.17, 15) is 5.11 Å². The van der Waals surface area contributed by atoms with Crippen LogP contribution in [-0.4, -0.2) is 31.4 Å². The average Bonchev–Trinajstić information content (AvgIpc) is 2.81. The number of benzene rings is 1. The Morgan fingerprint density at radius 3 is 2.89 bits per heavy atom. The van der Waals surface area contributed by atoms with E-state index in [-0.39, 0.29) is 0 Å². The Morgan fingerprint density at radius 1 is 1.56 bits per heavy atom. The molecular formula is C14H20ClNO2. The fourth-order valence-corrected chi connectivity index (χ4v) is 2.62. The molecule has 3 nitrogen and oxygen atoms in total. The summed E-state index contributed by atoms with van der Waals surface area (Å²) in [6.45, 7) is 3.47. The predicted molar refractivity (Wildman–Crippen MR) is 74.3 cm³/mol. The molecule has 18 heavy (non-hydrogen) atoms. The van der Waals surface area contributed by atoms with Crippen LogP contribution in [0.4, 0.5) is 5.69 Å². The second-order valence-corrected chi connectivity index (χ2v) is 5.30. The molecule has 1 aliphatic rings. The zero-order valence-corrected chi connectivity index (χ0v) is 11.7. The summed E-state index contributed by atoms with van der Waals surface area (Å²) in [4.78, 5) is 2.15. The number of anilines is 1. The first kappa shape index (κ1) is 13.7. The van der Waals surface area contributed by atoms with Crippen LogP contribution in [0.25, 0.3) is 0 Å². The first-order valence-electron chi connectivity index (χ1n) is 6.38. The van der Waals surface area contributed by atoms with Gasteiger partial charge in [-0.2, -0.15) is 0 Å². The molecular weight excluding hydrogens is 250 g/mol. The minimum Gasteiger partial charge on any atom is -0.389 e. The quantitative estimate of drug-likeness (QED) is 0.912. The summed E-state index contributed by atoms with van der Waals surface area (Å²) in [5.41, 5.74) is 1.82. The zero-order chi connectivity index (χ0) is 13.1. The SMILES string of the molecule is CC(O)c1ccc(N(C)CC2CCCO2)cc1Cl. The van der Waals surface area contributed by atoms with E-state index in [0.717, 1.165) is 37.2 Å². The van der Waals surface area contributed by atoms with E-state index in [0.29, 0.717) is 11.1 Å². The standard InChI is InChI=1S/C14H20ClNO2/c1-10(17)13-6-5-11(8-14(13)15)16(2)9-12-4-3-7-18-12/h5-6,8,10,12,17H,3-4,7,9H2,1-2H3. The topological polar surface area (TPSA) is 32.7 Å². The van der Waals surface area contributed by atoms with Crippen molar-refractivity contribution in [3.8, 4) is 0 Å². The predicted octanol–water partition coefficient (Wildman–Crippen LogP) is 3.01. The van der Waals surface area contributed by atoms with E-state index in [1.165, 1.54) is 0 Å². The summed E-state index contributed by atoms with van der Waals surface area (Å²) in [5.74, 6) is 0. The third kappa shape index (κ3) is 3.16. The summed E-state index contributed by atoms with van der Waals surface area (Å²) < 4.78 is 5.62. The first-order valence-corrected chi connectivity index (χ1v) is 6.76. The maximum Gasteiger partial charge on any atom is 0.0776 e. The smallest absolute Gasteiger partial charge is 0.0776 e. The molecule has 1 fully saturated rings. The number of nitrogens with zero attached hydrogens (tertiary/aromatic N) is 1. The molecule has 0 spiro atoms. The van der Waals surface area contributed by atoms with Crippen molar-refractivity contribution in [3.63, 3.8) is 0 Å². The minimum absolute atomic E-state index is 0.324. The molecule has 0 aromatic heterocycles. The lowest BCUT2D eigenvalue weighted by molar-refractivity contribution is 0.116. The molecule has 1 aromatic carbocycles. The molecule has 2 rings (SSSR count). The number of hydrogen-bond donors (Lipinski definition) is 1. The molecule has 1 saturated heterocycles. The van der Waals surface area contributed by atoms with Crippen molar-refractivity contribution in [3.05, 3.63) is 28.8 Å². The molecule has 0 radical (unpaired) electrons. The third-order valence-electron chi connectivity index (χ3n) is 3.38. The van der Waals surface area contributed by atoms with Gasteiger partial charge >= 0.3 is 0 Å². The molecule has 0 aliphatic carbocycles. The highest BCUT2D eigenvalue weighted by Crippen LogP contribution is 2.28. The number of halogens is 1. The second-order valence-electron chi connectivity index (χ2n) is 4.90. The highest BCUT2D eigenvalue weighted by atomic mass is 35.5. The van der Waals surface area contributed by atoms with E-state index >= 15 is 0 Å². The highest BCUT2D eigenvalue weighted by molar-refractivity contribution is 6.31. The van der Waals surface area contributed by atoms with Gasteiger partial charge < -0.3 is 14.7 Å². The first-order chi connectivity index (χ1) is 8.58. The summed E-state index contributed by atoms with van der Waals surface area (Å²) in [6.07, 6.45) is 2.07. The molecule has 100 valence electrons. The van der Waals surface area contributed by atoms with Gasteiger partial charge in [0.15, 0.2) is 0 Å². The molecule has 4 heteroatoms. The molecule has 0 saturated carbocycles. The normalized spacial score (nSPS) is 21.0. The van der Waals surface area contributed by atoms with Crippen LogP contribution in [0, 0.1) is 0 Å². The third-order valence-corrected chi connectivity index (χ3v) is 3.70. The van der Waals surface area contributed by atoms with E-state index in [4.69, 9.17) is 16.3 Å². The summed E-state index contributed by atoms with van der Waals surface area (Å²) in [7, 11) is 2.04. The van der Waals surface area contributed by atoms with Gasteiger partial charge in [-0.3, -0.25) is 0 Å². The Balaban J connectivity index is 2.05. The molecule has 0 amide bonds. The van der Waals surface area contributed by atoms with Crippen molar-refractivity contribution in [2.75, 3.05) is 25.1 Å². The largest absolute Gasteiger partial charge is 0.389 e. The summed E-state index contributed by atoms with van der Waals surface area (Å²) in [5, 5.41) is 10.2. The molecule has 0 bridgehead atoms. The number of likely N-dealkylation sites (N-methyl/N-ethyl adjacent to an activating group) is 1. The molecule has 1 N–H and O–H groups in total. The summed E-state index contributed by atoms with van der Waals surface area (Å²) >= 11 is 6.17. The van der Waals surface area contributed by atoms with Crippen molar-refractivity contribution in [2.45, 2.75) is 32.0 Å². The van der Waals surface area contributed by atoms with Gasteiger partial charge in [0.2, 0.25) is 0 Å². The van der Waals surface area contributed by atoms with Gasteiger partial charge in [0.25, 0.3) is 0 Å². The highest BCUT2D eigenvalue weighted by Gasteiger charge is 2.18. The van der Waals surface area contributed by atoms with E-state index in [2.05, 4.69) is 4.90 Å². The van der Waals surface area contributed by atoms with Crippen molar-refractivity contribution in [2.24, 2.45) is 0 Å². The lowest BCUT2D eigenvalue weighted by atomic mass is 10.1. The van der Waals surface area contributed by atoms with Crippen LogP contribution in [0.2, 0.25) is 5.02 Å². The van der Waals surface area contributed by atoms with Crippen molar-refractivity contribution in [1.82, 2.24) is 0 Å². The lowest BCUT2D eigenvalue weighted by Gasteiger charge is -2.23. The van der Waals surface area contributed by atoms with Crippen molar-refractivity contribution >= 4 is 17.3 Å². The number of aliphatic hydroxyl groups is 1. The molecule has 1 aromatic rings. The van der Waals surface area contributed by atoms with Gasteiger partial charge in [0, 0.05) is 30.9 Å². The van der Waals surface area contributed by atoms with Crippen LogP contribution < -0.4 is 4.90 Å². The Kier molecular flexibility index (Phi) is 4.49. The van der Waals surface area contributed by atoms with Gasteiger partial charge in [-0.1, -0.05) is 17.7 Å². The Hall–Kier alpha value is -0.770. The van der Waals surface area contributed by atoms with Gasteiger partial charge in [-0.15, -0.1) is 0 Å². The summed E-state index contributed by atoms with van der Waals surface area (Å²) in [6, 6.07) is 5.77. The van der Waals surface area contributed by atoms with Crippen LogP contribution in [0.1, 0.15) is 31.4 Å². The second kappa shape index (κ2) is 5.91. The van der Waals surface area contributed by atoms with Crippen LogP contribution in [0.3, 0.4) is 0 Å². The Morgan fingerprint density at radius 2 is 2.33 bits per heavy atom. The van der Waals surface area contributed by atoms with Crippen molar-refractivity contribution < 1.29 is 9.84 Å². The van der Waals surface area contributed by atoms with E-state index in [1.54, 1.807) is 6.92 Å². The average molecular weight is 270 g/mol. The number of ether oxygens (including phenoxy) is 1. The molecule has 2 atom stereocenters. The Labute approximate surface area is 113 Å². The molecule has 1 heterocycles. The number of rotatable bonds is 4. The van der Waals surface area contributed by atoms with E-state index in [1.807, 2.05) is 25.2 Å². The van der Waals surface area contributed by atoms with E-state index < -0.39 is 6.10 Å². The maximum absolute atomic E-state index is 9.55. The number of aliphatic hydroxyl groups excluding tert-OH is 1. The van der Waals surface area contributed by atoms with Gasteiger partial charge in [-0.25, -0.2) is 0 Å². The Bertz CT molecular complexity index is 403. The maximum atomic E-state index is 9.55. The zero-order valence-electron chi connectivity index (χ0n) is 10.9. The van der Waals surface area contributed by atoms with Gasteiger partial charge in [0.05, 0.1) is 12.2 Å². The molecule has 2 unspecified atom stereocenters. The van der Waals surface area contributed by atoms with Gasteiger partial charge in [0.1, 0.15) is 0 Å². The van der Waals surface area contributed by atoms with Crippen LogP contribution in [0.5, 0.6) is 0 Å². The lowest BCUT2D eigenvalue weighted by Crippen LogP contribution is -2.28. The number of hydrogen-bond acceptors (Lipinski definition) is 3. The van der Waals surface area contributed by atoms with Crippen molar-refractivity contribution in [1.29, 1.82) is 0 Å². The minimum atomic E-state index is -0.532. The van der Waals surface area contributed by atoms with Gasteiger partial charge in [-0.05, 0) is 37.5 Å². The van der Waals surface area contributed by atoms with Crippen LogP contribution >= 0.6 is 11.6 Å². The monoisotopic (exact) mass is 269 g/mol. The fraction of sp³-hybridized carbons (Fsp3) is 0.571. The fourth-order valence-electron chi connectivity index (χ4n) is 2.29.